The van der Waals surface area contributed by atoms with E-state index in [0.717, 1.165) is 11.3 Å². The summed E-state index contributed by atoms with van der Waals surface area (Å²) >= 11 is 2.38. The molecule has 0 aromatic carbocycles. The van der Waals surface area contributed by atoms with Gasteiger partial charge in [-0.05, 0) is 17.4 Å². The second-order valence-corrected chi connectivity index (χ2v) is 6.50. The lowest BCUT2D eigenvalue weighted by molar-refractivity contribution is -0.113. The van der Waals surface area contributed by atoms with Crippen LogP contribution in [-0.4, -0.2) is 61.8 Å². The molecule has 0 unspecified atom stereocenters. The Hall–Kier alpha value is -2.01. The molecule has 2 heterocycles. The van der Waals surface area contributed by atoms with Gasteiger partial charge in [-0.15, -0.1) is 5.10 Å². The summed E-state index contributed by atoms with van der Waals surface area (Å²) in [4.78, 5) is 30.0. The van der Waals surface area contributed by atoms with E-state index in [9.17, 15) is 9.59 Å². The van der Waals surface area contributed by atoms with E-state index in [4.69, 9.17) is 0 Å². The fraction of sp³-hybridized carbons (Fsp3) is 0.455. The van der Waals surface area contributed by atoms with E-state index in [1.807, 2.05) is 0 Å². The summed E-state index contributed by atoms with van der Waals surface area (Å²) in [6, 6.07) is 0. The van der Waals surface area contributed by atoms with Crippen molar-refractivity contribution in [3.05, 3.63) is 10.6 Å². The van der Waals surface area contributed by atoms with Crippen molar-refractivity contribution in [3.8, 4) is 0 Å². The highest BCUT2D eigenvalue weighted by Gasteiger charge is 2.18. The summed E-state index contributed by atoms with van der Waals surface area (Å²) < 4.78 is 1.49. The molecular weight excluding hydrogens is 326 g/mol. The summed E-state index contributed by atoms with van der Waals surface area (Å²) in [7, 11) is 5.04. The predicted octanol–water partition coefficient (Wildman–Crippen LogP) is 0.408. The zero-order valence-corrected chi connectivity index (χ0v) is 14.2. The smallest absolute Gasteiger partial charge is 0.265 e. The Kier molecular flexibility index (Phi) is 5.08. The lowest BCUT2D eigenvalue weighted by atomic mass is 10.3. The number of tetrazole rings is 1. The first-order valence-electron chi connectivity index (χ1n) is 6.22. The Morgan fingerprint density at radius 1 is 1.41 bits per heavy atom. The number of anilines is 1. The molecule has 0 aliphatic heterocycles. The molecule has 9 nitrogen and oxygen atoms in total. The van der Waals surface area contributed by atoms with Gasteiger partial charge in [-0.3, -0.25) is 9.59 Å². The number of carbonyl (C=O) groups is 2. The minimum Gasteiger partial charge on any atom is -0.344 e. The van der Waals surface area contributed by atoms with Gasteiger partial charge in [0.25, 0.3) is 5.91 Å². The summed E-state index contributed by atoms with van der Waals surface area (Å²) in [6.45, 7) is 1.74. The first kappa shape index (κ1) is 16.4. The zero-order valence-electron chi connectivity index (χ0n) is 12.5. The van der Waals surface area contributed by atoms with E-state index in [0.29, 0.717) is 20.9 Å². The topological polar surface area (TPSA) is 106 Å². The molecule has 0 saturated heterocycles. The van der Waals surface area contributed by atoms with Gasteiger partial charge >= 0.3 is 0 Å². The maximum Gasteiger partial charge on any atom is 0.265 e. The molecular formula is C11H15N7O2S2. The molecule has 2 aromatic rings. The Morgan fingerprint density at radius 3 is 2.73 bits per heavy atom. The minimum atomic E-state index is -0.231. The number of amides is 2. The maximum absolute atomic E-state index is 11.9. The molecule has 2 aromatic heterocycles. The number of aromatic nitrogens is 5. The lowest BCUT2D eigenvalue weighted by Gasteiger charge is -2.07. The fourth-order valence-electron chi connectivity index (χ4n) is 1.48. The van der Waals surface area contributed by atoms with Gasteiger partial charge in [-0.25, -0.2) is 9.67 Å². The largest absolute Gasteiger partial charge is 0.344 e. The van der Waals surface area contributed by atoms with Crippen molar-refractivity contribution in [3.63, 3.8) is 0 Å². The molecule has 0 spiro atoms. The number of thiazole rings is 1. The second-order valence-electron chi connectivity index (χ2n) is 4.56. The van der Waals surface area contributed by atoms with Crippen molar-refractivity contribution in [2.45, 2.75) is 12.1 Å². The van der Waals surface area contributed by atoms with E-state index < -0.39 is 0 Å². The van der Waals surface area contributed by atoms with E-state index in [2.05, 4.69) is 25.8 Å². The van der Waals surface area contributed by atoms with Crippen LogP contribution in [0.25, 0.3) is 0 Å². The normalized spacial score (nSPS) is 10.5. The molecule has 0 saturated carbocycles. The molecule has 0 bridgehead atoms. The van der Waals surface area contributed by atoms with Gasteiger partial charge in [0.1, 0.15) is 4.88 Å². The van der Waals surface area contributed by atoms with Crippen LogP contribution in [0.5, 0.6) is 0 Å². The van der Waals surface area contributed by atoms with Crippen molar-refractivity contribution in [1.29, 1.82) is 0 Å². The number of aryl methyl sites for hydroxylation is 2. The molecule has 0 radical (unpaired) electrons. The Labute approximate surface area is 135 Å². The van der Waals surface area contributed by atoms with Crippen molar-refractivity contribution in [1.82, 2.24) is 30.1 Å². The van der Waals surface area contributed by atoms with Crippen LogP contribution in [0, 0.1) is 6.92 Å². The molecule has 1 N–H and O–H groups in total. The molecule has 0 aliphatic rings. The molecule has 0 atom stereocenters. The highest BCUT2D eigenvalue weighted by atomic mass is 32.2. The molecule has 118 valence electrons. The Bertz CT molecular complexity index is 694. The van der Waals surface area contributed by atoms with E-state index >= 15 is 0 Å². The van der Waals surface area contributed by atoms with Crippen LogP contribution in [0.3, 0.4) is 0 Å². The van der Waals surface area contributed by atoms with Gasteiger partial charge in [-0.1, -0.05) is 23.1 Å². The van der Waals surface area contributed by atoms with Crippen molar-refractivity contribution < 1.29 is 9.59 Å². The van der Waals surface area contributed by atoms with Crippen molar-refractivity contribution in [2.75, 3.05) is 25.2 Å². The van der Waals surface area contributed by atoms with Gasteiger partial charge in [0.2, 0.25) is 11.1 Å². The Balaban J connectivity index is 1.96. The lowest BCUT2D eigenvalue weighted by Crippen LogP contribution is -2.21. The van der Waals surface area contributed by atoms with Crippen molar-refractivity contribution in [2.24, 2.45) is 7.05 Å². The molecule has 0 aliphatic carbocycles. The van der Waals surface area contributed by atoms with Gasteiger partial charge in [-0.2, -0.15) is 0 Å². The highest BCUT2D eigenvalue weighted by Crippen LogP contribution is 2.24. The van der Waals surface area contributed by atoms with Gasteiger partial charge in [0.05, 0.1) is 11.4 Å². The maximum atomic E-state index is 11.9. The third-order valence-corrected chi connectivity index (χ3v) is 4.63. The number of rotatable bonds is 5. The number of nitrogens with zero attached hydrogens (tertiary/aromatic N) is 6. The highest BCUT2D eigenvalue weighted by molar-refractivity contribution is 7.99. The second kappa shape index (κ2) is 6.83. The van der Waals surface area contributed by atoms with E-state index in [1.165, 1.54) is 21.3 Å². The molecule has 22 heavy (non-hydrogen) atoms. The zero-order chi connectivity index (χ0) is 16.3. The standard InChI is InChI=1S/C11H15N7O2S2/c1-6-8(9(20)17(2)3)22-10(12-6)13-7(19)5-21-11-14-15-16-18(11)4/h5H2,1-4H3,(H,12,13,19). The molecule has 11 heteroatoms. The first-order valence-corrected chi connectivity index (χ1v) is 8.02. The summed E-state index contributed by atoms with van der Waals surface area (Å²) in [5.41, 5.74) is 0.601. The number of hydrogen-bond donors (Lipinski definition) is 1. The molecule has 2 amide bonds. The van der Waals surface area contributed by atoms with Crippen LogP contribution in [0.4, 0.5) is 5.13 Å². The van der Waals surface area contributed by atoms with Crippen LogP contribution in [0.15, 0.2) is 5.16 Å². The van der Waals surface area contributed by atoms with Crippen LogP contribution in [0.2, 0.25) is 0 Å². The van der Waals surface area contributed by atoms with Crippen LogP contribution in [0.1, 0.15) is 15.4 Å². The minimum absolute atomic E-state index is 0.130. The predicted molar refractivity (Wildman–Crippen MR) is 83.0 cm³/mol. The number of hydrogen-bond acceptors (Lipinski definition) is 8. The quantitative estimate of drug-likeness (QED) is 0.785. The number of nitrogens with one attached hydrogen (secondary N) is 1. The Morgan fingerprint density at radius 2 is 2.14 bits per heavy atom. The van der Waals surface area contributed by atoms with E-state index in [1.54, 1.807) is 28.1 Å². The summed E-state index contributed by atoms with van der Waals surface area (Å²) in [5.74, 6) is -0.204. The third kappa shape index (κ3) is 3.80. The number of thioether (sulfide) groups is 1. The molecule has 0 fully saturated rings. The average Bonchev–Trinajstić information content (AvgIpc) is 3.01. The SMILES string of the molecule is Cc1nc(NC(=O)CSc2nnnn2C)sc1C(=O)N(C)C. The fourth-order valence-corrected chi connectivity index (χ4v) is 3.13. The van der Waals surface area contributed by atoms with Crippen LogP contribution < -0.4 is 5.32 Å². The third-order valence-electron chi connectivity index (χ3n) is 2.56. The molecule has 2 rings (SSSR count). The van der Waals surface area contributed by atoms with Crippen LogP contribution >= 0.6 is 23.1 Å². The monoisotopic (exact) mass is 341 g/mol. The van der Waals surface area contributed by atoms with Gasteiger partial charge in [0.15, 0.2) is 5.13 Å². The summed E-state index contributed by atoms with van der Waals surface area (Å²) in [6.07, 6.45) is 0. The average molecular weight is 341 g/mol. The van der Waals surface area contributed by atoms with Gasteiger partial charge in [0, 0.05) is 21.1 Å². The van der Waals surface area contributed by atoms with Gasteiger partial charge < -0.3 is 10.2 Å². The van der Waals surface area contributed by atoms with E-state index in [-0.39, 0.29) is 17.6 Å². The number of carbonyl (C=O) groups excluding carboxylic acids is 2. The van der Waals surface area contributed by atoms with Crippen LogP contribution in [-0.2, 0) is 11.8 Å². The summed E-state index contributed by atoms with van der Waals surface area (Å²) in [5, 5.41) is 14.6. The van der Waals surface area contributed by atoms with Crippen molar-refractivity contribution >= 4 is 40.0 Å². The first-order chi connectivity index (χ1) is 10.4.